The summed E-state index contributed by atoms with van der Waals surface area (Å²) >= 11 is 0. The maximum atomic E-state index is 3.59. The minimum atomic E-state index is 0.338. The third kappa shape index (κ3) is 3.18. The van der Waals surface area contributed by atoms with E-state index in [1.807, 2.05) is 12.4 Å². The van der Waals surface area contributed by atoms with Gasteiger partial charge in [-0.05, 0) is 23.5 Å². The van der Waals surface area contributed by atoms with E-state index < -0.39 is 0 Å². The van der Waals surface area contributed by atoms with Crippen LogP contribution < -0.4 is 5.32 Å². The molecule has 0 bridgehead atoms. The van der Waals surface area contributed by atoms with Gasteiger partial charge in [0.05, 0.1) is 0 Å². The highest BCUT2D eigenvalue weighted by molar-refractivity contribution is 5.08. The highest BCUT2D eigenvalue weighted by Crippen LogP contribution is 2.21. The first-order valence-corrected chi connectivity index (χ1v) is 5.39. The quantitative estimate of drug-likeness (QED) is 0.758. The standard InChI is InChI=1S/C12H22N2/c1-5-11(12(2,3)4)14-9-10-6-7-13-8-10/h6-8,11,13-14H,5,9H2,1-4H3. The van der Waals surface area contributed by atoms with Crippen molar-refractivity contribution in [3.05, 3.63) is 24.0 Å². The monoisotopic (exact) mass is 194 g/mol. The van der Waals surface area contributed by atoms with Gasteiger partial charge < -0.3 is 10.3 Å². The number of aromatic nitrogens is 1. The summed E-state index contributed by atoms with van der Waals surface area (Å²) < 4.78 is 0. The zero-order chi connectivity index (χ0) is 10.6. The molecule has 0 aliphatic carbocycles. The number of aromatic amines is 1. The van der Waals surface area contributed by atoms with Crippen LogP contribution in [-0.4, -0.2) is 11.0 Å². The van der Waals surface area contributed by atoms with Gasteiger partial charge in [-0.1, -0.05) is 27.7 Å². The van der Waals surface area contributed by atoms with Crippen molar-refractivity contribution in [2.45, 2.75) is 46.7 Å². The van der Waals surface area contributed by atoms with Gasteiger partial charge in [0, 0.05) is 25.0 Å². The van der Waals surface area contributed by atoms with Crippen molar-refractivity contribution >= 4 is 0 Å². The number of nitrogens with one attached hydrogen (secondary N) is 2. The molecule has 0 fully saturated rings. The third-order valence-corrected chi connectivity index (χ3v) is 2.67. The Kier molecular flexibility index (Phi) is 3.76. The van der Waals surface area contributed by atoms with Gasteiger partial charge in [-0.15, -0.1) is 0 Å². The predicted molar refractivity (Wildman–Crippen MR) is 61.2 cm³/mol. The second-order valence-electron chi connectivity index (χ2n) is 4.93. The molecule has 80 valence electrons. The molecule has 0 aliphatic rings. The molecule has 1 aromatic heterocycles. The van der Waals surface area contributed by atoms with Crippen LogP contribution in [0.1, 0.15) is 39.7 Å². The van der Waals surface area contributed by atoms with Crippen LogP contribution in [0, 0.1) is 5.41 Å². The van der Waals surface area contributed by atoms with Gasteiger partial charge in [-0.25, -0.2) is 0 Å². The largest absolute Gasteiger partial charge is 0.367 e. The van der Waals surface area contributed by atoms with Crippen molar-refractivity contribution in [1.82, 2.24) is 10.3 Å². The van der Waals surface area contributed by atoms with Gasteiger partial charge in [0.1, 0.15) is 0 Å². The molecule has 1 unspecified atom stereocenters. The fourth-order valence-electron chi connectivity index (χ4n) is 1.77. The van der Waals surface area contributed by atoms with E-state index >= 15 is 0 Å². The number of rotatable bonds is 4. The molecule has 1 heterocycles. The third-order valence-electron chi connectivity index (χ3n) is 2.67. The second-order valence-corrected chi connectivity index (χ2v) is 4.93. The Bertz CT molecular complexity index is 244. The summed E-state index contributed by atoms with van der Waals surface area (Å²) in [4.78, 5) is 3.07. The fraction of sp³-hybridized carbons (Fsp3) is 0.667. The molecule has 2 N–H and O–H groups in total. The summed E-state index contributed by atoms with van der Waals surface area (Å²) in [5.41, 5.74) is 1.66. The molecule has 0 spiro atoms. The second kappa shape index (κ2) is 4.65. The average molecular weight is 194 g/mol. The zero-order valence-electron chi connectivity index (χ0n) is 9.72. The van der Waals surface area contributed by atoms with E-state index in [-0.39, 0.29) is 0 Å². The Labute approximate surface area is 87.1 Å². The van der Waals surface area contributed by atoms with Crippen LogP contribution in [0.4, 0.5) is 0 Å². The maximum absolute atomic E-state index is 3.59. The van der Waals surface area contributed by atoms with E-state index in [0.717, 1.165) is 6.54 Å². The zero-order valence-corrected chi connectivity index (χ0v) is 9.72. The highest BCUT2D eigenvalue weighted by atomic mass is 14.9. The van der Waals surface area contributed by atoms with Crippen LogP contribution in [0.5, 0.6) is 0 Å². The van der Waals surface area contributed by atoms with Crippen LogP contribution in [0.3, 0.4) is 0 Å². The molecule has 1 aromatic rings. The molecule has 1 rings (SSSR count). The van der Waals surface area contributed by atoms with Crippen molar-refractivity contribution in [1.29, 1.82) is 0 Å². The Morgan fingerprint density at radius 1 is 1.43 bits per heavy atom. The molecule has 0 aliphatic heterocycles. The summed E-state index contributed by atoms with van der Waals surface area (Å²) in [6, 6.07) is 2.69. The van der Waals surface area contributed by atoms with Crippen LogP contribution >= 0.6 is 0 Å². The Morgan fingerprint density at radius 2 is 2.14 bits per heavy atom. The van der Waals surface area contributed by atoms with E-state index in [2.05, 4.69) is 44.1 Å². The van der Waals surface area contributed by atoms with E-state index in [4.69, 9.17) is 0 Å². The normalized spacial score (nSPS) is 14.3. The van der Waals surface area contributed by atoms with E-state index in [1.165, 1.54) is 12.0 Å². The molecule has 14 heavy (non-hydrogen) atoms. The van der Waals surface area contributed by atoms with E-state index in [9.17, 15) is 0 Å². The summed E-state index contributed by atoms with van der Waals surface area (Å²) in [5, 5.41) is 3.59. The summed E-state index contributed by atoms with van der Waals surface area (Å²) in [6.45, 7) is 10.0. The fourth-order valence-corrected chi connectivity index (χ4v) is 1.77. The van der Waals surface area contributed by atoms with Crippen LogP contribution in [0.2, 0.25) is 0 Å². The van der Waals surface area contributed by atoms with Gasteiger partial charge in [-0.2, -0.15) is 0 Å². The highest BCUT2D eigenvalue weighted by Gasteiger charge is 2.21. The lowest BCUT2D eigenvalue weighted by Crippen LogP contribution is -2.39. The van der Waals surface area contributed by atoms with E-state index in [0.29, 0.717) is 11.5 Å². The summed E-state index contributed by atoms with van der Waals surface area (Å²) in [6.07, 6.45) is 5.19. The van der Waals surface area contributed by atoms with Crippen LogP contribution in [-0.2, 0) is 6.54 Å². The Hall–Kier alpha value is -0.760. The molecular weight excluding hydrogens is 172 g/mol. The number of H-pyrrole nitrogens is 1. The summed E-state index contributed by atoms with van der Waals surface area (Å²) in [7, 11) is 0. The van der Waals surface area contributed by atoms with Gasteiger partial charge in [-0.3, -0.25) is 0 Å². The van der Waals surface area contributed by atoms with Crippen molar-refractivity contribution in [3.63, 3.8) is 0 Å². The van der Waals surface area contributed by atoms with Gasteiger partial charge in [0.25, 0.3) is 0 Å². The molecule has 0 radical (unpaired) electrons. The smallest absolute Gasteiger partial charge is 0.0223 e. The van der Waals surface area contributed by atoms with Gasteiger partial charge >= 0.3 is 0 Å². The number of hydrogen-bond acceptors (Lipinski definition) is 1. The first-order chi connectivity index (χ1) is 6.54. The molecule has 2 nitrogen and oxygen atoms in total. The average Bonchev–Trinajstić information content (AvgIpc) is 2.55. The molecule has 1 atom stereocenters. The van der Waals surface area contributed by atoms with Crippen molar-refractivity contribution < 1.29 is 0 Å². The minimum Gasteiger partial charge on any atom is -0.367 e. The lowest BCUT2D eigenvalue weighted by atomic mass is 9.85. The Balaban J connectivity index is 2.43. The van der Waals surface area contributed by atoms with Gasteiger partial charge in [0.2, 0.25) is 0 Å². The first-order valence-electron chi connectivity index (χ1n) is 5.39. The van der Waals surface area contributed by atoms with Crippen molar-refractivity contribution in [2.24, 2.45) is 5.41 Å². The molecule has 0 saturated heterocycles. The SMILES string of the molecule is CCC(NCc1cc[nH]c1)C(C)(C)C. The van der Waals surface area contributed by atoms with E-state index in [1.54, 1.807) is 0 Å². The molecule has 0 amide bonds. The summed E-state index contributed by atoms with van der Waals surface area (Å²) in [5.74, 6) is 0. The lowest BCUT2D eigenvalue weighted by molar-refractivity contribution is 0.259. The number of hydrogen-bond donors (Lipinski definition) is 2. The first kappa shape index (κ1) is 11.3. The topological polar surface area (TPSA) is 27.8 Å². The van der Waals surface area contributed by atoms with Crippen LogP contribution in [0.15, 0.2) is 18.5 Å². The Morgan fingerprint density at radius 3 is 2.57 bits per heavy atom. The maximum Gasteiger partial charge on any atom is 0.0223 e. The predicted octanol–water partition coefficient (Wildman–Crippen LogP) is 2.93. The molecule has 2 heteroatoms. The van der Waals surface area contributed by atoms with Crippen LogP contribution in [0.25, 0.3) is 0 Å². The van der Waals surface area contributed by atoms with Gasteiger partial charge in [0.15, 0.2) is 0 Å². The minimum absolute atomic E-state index is 0.338. The molecular formula is C12H22N2. The lowest BCUT2D eigenvalue weighted by Gasteiger charge is -2.30. The van der Waals surface area contributed by atoms with Crippen molar-refractivity contribution in [2.75, 3.05) is 0 Å². The van der Waals surface area contributed by atoms with Crippen molar-refractivity contribution in [3.8, 4) is 0 Å². The molecule has 0 aromatic carbocycles. The molecule has 0 saturated carbocycles.